The molecule has 106 valence electrons. The maximum Gasteiger partial charge on any atom is 0.246 e. The summed E-state index contributed by atoms with van der Waals surface area (Å²) in [7, 11) is 1.64. The van der Waals surface area contributed by atoms with Crippen LogP contribution in [0, 0.1) is 11.3 Å². The molecule has 0 spiro atoms. The quantitative estimate of drug-likeness (QED) is 0.693. The molecule has 0 aliphatic rings. The van der Waals surface area contributed by atoms with E-state index in [9.17, 15) is 0 Å². The highest BCUT2D eigenvalue weighted by Crippen LogP contribution is 2.32. The number of benzene rings is 1. The van der Waals surface area contributed by atoms with Crippen LogP contribution in [0.3, 0.4) is 0 Å². The van der Waals surface area contributed by atoms with Gasteiger partial charge in [-0.2, -0.15) is 5.26 Å². The number of para-hydroxylation sites is 1. The Bertz CT molecular complexity index is 585. The first-order chi connectivity index (χ1) is 9.86. The molecule has 20 heavy (non-hydrogen) atoms. The molecule has 2 rings (SSSR count). The lowest BCUT2D eigenvalue weighted by Crippen LogP contribution is -2.07. The van der Waals surface area contributed by atoms with Crippen molar-refractivity contribution in [2.75, 3.05) is 33.5 Å². The second-order valence-electron chi connectivity index (χ2n) is 4.18. The number of ether oxygens (including phenoxy) is 3. The number of methoxy groups -OCH3 is 1. The van der Waals surface area contributed by atoms with Crippen LogP contribution < -0.4 is 4.74 Å². The van der Waals surface area contributed by atoms with Crippen molar-refractivity contribution in [1.29, 1.82) is 5.26 Å². The summed E-state index contributed by atoms with van der Waals surface area (Å²) in [6.45, 7) is 2.24. The van der Waals surface area contributed by atoms with E-state index in [0.717, 1.165) is 11.8 Å². The Morgan fingerprint density at radius 1 is 1.15 bits per heavy atom. The van der Waals surface area contributed by atoms with Gasteiger partial charge in [0.2, 0.25) is 5.76 Å². The third-order valence-electron chi connectivity index (χ3n) is 2.76. The van der Waals surface area contributed by atoms with Gasteiger partial charge in [-0.05, 0) is 12.1 Å². The van der Waals surface area contributed by atoms with Crippen LogP contribution in [-0.4, -0.2) is 33.5 Å². The van der Waals surface area contributed by atoms with E-state index in [0.29, 0.717) is 37.8 Å². The first kappa shape index (κ1) is 14.4. The van der Waals surface area contributed by atoms with Gasteiger partial charge in [0.15, 0.2) is 5.75 Å². The molecule has 0 N–H and O–H groups in total. The van der Waals surface area contributed by atoms with Gasteiger partial charge in [-0.3, -0.25) is 0 Å². The van der Waals surface area contributed by atoms with E-state index in [4.69, 9.17) is 23.9 Å². The zero-order chi connectivity index (χ0) is 14.2. The molecule has 0 aliphatic carbocycles. The zero-order valence-electron chi connectivity index (χ0n) is 11.4. The minimum atomic E-state index is 0.214. The van der Waals surface area contributed by atoms with E-state index < -0.39 is 0 Å². The monoisotopic (exact) mass is 275 g/mol. The van der Waals surface area contributed by atoms with E-state index in [1.54, 1.807) is 7.11 Å². The lowest BCUT2D eigenvalue weighted by molar-refractivity contribution is 0.0644. The standard InChI is InChI=1S/C15H17NO4/c1-17-9-10-18-7-4-8-19-15-12-5-2-3-6-13(12)20-14(15)11-16/h2-3,5-6H,4,7-10H2,1H3. The first-order valence-corrected chi connectivity index (χ1v) is 6.48. The second-order valence-corrected chi connectivity index (χ2v) is 4.18. The number of hydrogen-bond donors (Lipinski definition) is 0. The van der Waals surface area contributed by atoms with Gasteiger partial charge in [-0.1, -0.05) is 12.1 Å². The molecule has 1 aromatic carbocycles. The van der Waals surface area contributed by atoms with Crippen molar-refractivity contribution < 1.29 is 18.6 Å². The molecule has 0 radical (unpaired) electrons. The summed E-state index contributed by atoms with van der Waals surface area (Å²) in [4.78, 5) is 0. The van der Waals surface area contributed by atoms with Crippen molar-refractivity contribution in [2.45, 2.75) is 6.42 Å². The van der Waals surface area contributed by atoms with Gasteiger partial charge in [0.1, 0.15) is 11.7 Å². The Labute approximate surface area is 117 Å². The SMILES string of the molecule is COCCOCCCOc1c(C#N)oc2ccccc12. The predicted molar refractivity (Wildman–Crippen MR) is 73.7 cm³/mol. The highest BCUT2D eigenvalue weighted by atomic mass is 16.5. The van der Waals surface area contributed by atoms with Crippen LogP contribution in [0.25, 0.3) is 11.0 Å². The van der Waals surface area contributed by atoms with Gasteiger partial charge < -0.3 is 18.6 Å². The van der Waals surface area contributed by atoms with Gasteiger partial charge in [-0.15, -0.1) is 0 Å². The van der Waals surface area contributed by atoms with Crippen LogP contribution in [-0.2, 0) is 9.47 Å². The maximum atomic E-state index is 9.06. The van der Waals surface area contributed by atoms with Crippen molar-refractivity contribution >= 4 is 11.0 Å². The molecule has 0 aliphatic heterocycles. The Morgan fingerprint density at radius 3 is 2.80 bits per heavy atom. The lowest BCUT2D eigenvalue weighted by Gasteiger charge is -2.05. The summed E-state index contributed by atoms with van der Waals surface area (Å²) in [6, 6.07) is 9.46. The molecule has 5 nitrogen and oxygen atoms in total. The third kappa shape index (κ3) is 3.50. The number of furan rings is 1. The van der Waals surface area contributed by atoms with Crippen molar-refractivity contribution in [1.82, 2.24) is 0 Å². The molecule has 0 saturated heterocycles. The number of rotatable bonds is 8. The minimum Gasteiger partial charge on any atom is -0.488 e. The Hall–Kier alpha value is -2.03. The summed E-state index contributed by atoms with van der Waals surface area (Å²) in [5, 5.41) is 9.88. The Balaban J connectivity index is 1.88. The third-order valence-corrected chi connectivity index (χ3v) is 2.76. The molecule has 0 bridgehead atoms. The predicted octanol–water partition coefficient (Wildman–Crippen LogP) is 2.74. The fourth-order valence-corrected chi connectivity index (χ4v) is 1.82. The smallest absolute Gasteiger partial charge is 0.246 e. The summed E-state index contributed by atoms with van der Waals surface area (Å²) in [5.74, 6) is 0.728. The van der Waals surface area contributed by atoms with E-state index >= 15 is 0 Å². The number of nitrogens with zero attached hydrogens (tertiary/aromatic N) is 1. The van der Waals surface area contributed by atoms with E-state index in [1.165, 1.54) is 0 Å². The summed E-state index contributed by atoms with van der Waals surface area (Å²) < 4.78 is 21.3. The van der Waals surface area contributed by atoms with Gasteiger partial charge >= 0.3 is 0 Å². The summed E-state index contributed by atoms with van der Waals surface area (Å²) in [6.07, 6.45) is 0.744. The van der Waals surface area contributed by atoms with Crippen molar-refractivity contribution in [2.24, 2.45) is 0 Å². The van der Waals surface area contributed by atoms with Gasteiger partial charge in [0.05, 0.1) is 25.2 Å². The highest BCUT2D eigenvalue weighted by Gasteiger charge is 2.14. The van der Waals surface area contributed by atoms with Crippen molar-refractivity contribution in [3.05, 3.63) is 30.0 Å². The van der Waals surface area contributed by atoms with Crippen LogP contribution in [0.15, 0.2) is 28.7 Å². The average Bonchev–Trinajstić information content (AvgIpc) is 2.84. The molecule has 0 fully saturated rings. The van der Waals surface area contributed by atoms with Crippen LogP contribution in [0.4, 0.5) is 0 Å². The molecule has 0 unspecified atom stereocenters. The van der Waals surface area contributed by atoms with Crippen LogP contribution >= 0.6 is 0 Å². The normalized spacial score (nSPS) is 10.6. The first-order valence-electron chi connectivity index (χ1n) is 6.48. The Kier molecular flexibility index (Phi) is 5.42. The second kappa shape index (κ2) is 7.53. The summed E-state index contributed by atoms with van der Waals surface area (Å²) >= 11 is 0. The maximum absolute atomic E-state index is 9.06. The highest BCUT2D eigenvalue weighted by molar-refractivity contribution is 5.86. The number of hydrogen-bond acceptors (Lipinski definition) is 5. The average molecular weight is 275 g/mol. The van der Waals surface area contributed by atoms with Crippen molar-refractivity contribution in [3.8, 4) is 11.8 Å². The van der Waals surface area contributed by atoms with E-state index in [-0.39, 0.29) is 5.76 Å². The van der Waals surface area contributed by atoms with E-state index in [1.807, 2.05) is 30.3 Å². The molecule has 2 aromatic rings. The molecular weight excluding hydrogens is 258 g/mol. The molecular formula is C15H17NO4. The van der Waals surface area contributed by atoms with Crippen LogP contribution in [0.2, 0.25) is 0 Å². The minimum absolute atomic E-state index is 0.214. The van der Waals surface area contributed by atoms with Gasteiger partial charge in [0.25, 0.3) is 0 Å². The Morgan fingerprint density at radius 2 is 2.00 bits per heavy atom. The molecule has 1 heterocycles. The molecule has 0 saturated carbocycles. The molecule has 1 aromatic heterocycles. The lowest BCUT2D eigenvalue weighted by atomic mass is 10.2. The van der Waals surface area contributed by atoms with Crippen LogP contribution in [0.1, 0.15) is 12.2 Å². The number of fused-ring (bicyclic) bond motifs is 1. The molecule has 0 amide bonds. The van der Waals surface area contributed by atoms with Crippen molar-refractivity contribution in [3.63, 3.8) is 0 Å². The number of nitriles is 1. The van der Waals surface area contributed by atoms with Gasteiger partial charge in [0, 0.05) is 20.1 Å². The summed E-state index contributed by atoms with van der Waals surface area (Å²) in [5.41, 5.74) is 0.662. The fourth-order valence-electron chi connectivity index (χ4n) is 1.82. The van der Waals surface area contributed by atoms with Crippen LogP contribution in [0.5, 0.6) is 5.75 Å². The topological polar surface area (TPSA) is 64.6 Å². The van der Waals surface area contributed by atoms with E-state index in [2.05, 4.69) is 0 Å². The molecule has 5 heteroatoms. The molecule has 0 atom stereocenters. The zero-order valence-corrected chi connectivity index (χ0v) is 11.4. The largest absolute Gasteiger partial charge is 0.488 e. The van der Waals surface area contributed by atoms with Gasteiger partial charge in [-0.25, -0.2) is 0 Å². The fraction of sp³-hybridized carbons (Fsp3) is 0.400.